The average molecular weight is 217 g/mol. The first-order valence-electron chi connectivity index (χ1n) is 5.45. The summed E-state index contributed by atoms with van der Waals surface area (Å²) in [6.07, 6.45) is 1.88. The van der Waals surface area contributed by atoms with Gasteiger partial charge in [0.15, 0.2) is 0 Å². The zero-order valence-electron chi connectivity index (χ0n) is 9.68. The lowest BCUT2D eigenvalue weighted by Gasteiger charge is -2.29. The lowest BCUT2D eigenvalue weighted by atomic mass is 9.83. The third-order valence-corrected chi connectivity index (χ3v) is 2.94. The Bertz CT molecular complexity index is 173. The molecule has 0 saturated carbocycles. The number of nitrogens with one attached hydrogen (secondary N) is 2. The van der Waals surface area contributed by atoms with Gasteiger partial charge in [-0.1, -0.05) is 13.8 Å². The van der Waals surface area contributed by atoms with Crippen LogP contribution in [-0.4, -0.2) is 37.4 Å². The first-order valence-corrected chi connectivity index (χ1v) is 5.45. The minimum Gasteiger partial charge on any atom is -0.396 e. The molecule has 0 aliphatic heterocycles. The molecule has 0 aromatic heterocycles. The molecule has 0 fully saturated rings. The van der Waals surface area contributed by atoms with Crippen molar-refractivity contribution in [3.8, 4) is 0 Å². The quantitative estimate of drug-likeness (QED) is 0.433. The van der Waals surface area contributed by atoms with Gasteiger partial charge in [0.1, 0.15) is 0 Å². The standard InChI is InChI=1S/C10H23N3O2/c1-3-10(4-2,8-14)7-12-5-6-13-9(11)15/h12,14H,3-8H2,1-2H3,(H3,11,13,15). The van der Waals surface area contributed by atoms with Crippen molar-refractivity contribution in [2.75, 3.05) is 26.2 Å². The van der Waals surface area contributed by atoms with Crippen molar-refractivity contribution in [2.45, 2.75) is 26.7 Å². The first kappa shape index (κ1) is 14.2. The topological polar surface area (TPSA) is 87.4 Å². The molecule has 0 rings (SSSR count). The predicted octanol–water partition coefficient (Wildman–Crippen LogP) is 0.0430. The number of nitrogens with two attached hydrogens (primary N) is 1. The summed E-state index contributed by atoms with van der Waals surface area (Å²) in [6, 6.07) is -0.504. The van der Waals surface area contributed by atoms with Gasteiger partial charge in [-0.25, -0.2) is 4.79 Å². The highest BCUT2D eigenvalue weighted by Crippen LogP contribution is 2.23. The molecule has 0 aliphatic rings. The second-order valence-electron chi connectivity index (χ2n) is 3.83. The van der Waals surface area contributed by atoms with E-state index in [9.17, 15) is 9.90 Å². The minimum atomic E-state index is -0.504. The molecule has 0 atom stereocenters. The van der Waals surface area contributed by atoms with Crippen molar-refractivity contribution in [1.29, 1.82) is 0 Å². The van der Waals surface area contributed by atoms with E-state index >= 15 is 0 Å². The third kappa shape index (κ3) is 5.59. The van der Waals surface area contributed by atoms with Gasteiger partial charge in [-0.15, -0.1) is 0 Å². The number of aliphatic hydroxyl groups excluding tert-OH is 1. The van der Waals surface area contributed by atoms with Crippen LogP contribution in [0, 0.1) is 5.41 Å². The number of hydrogen-bond donors (Lipinski definition) is 4. The summed E-state index contributed by atoms with van der Waals surface area (Å²) in [5, 5.41) is 15.0. The zero-order valence-corrected chi connectivity index (χ0v) is 9.68. The van der Waals surface area contributed by atoms with E-state index in [1.54, 1.807) is 0 Å². The van der Waals surface area contributed by atoms with Gasteiger partial charge in [0.05, 0.1) is 0 Å². The van der Waals surface area contributed by atoms with Crippen molar-refractivity contribution >= 4 is 6.03 Å². The van der Waals surface area contributed by atoms with Crippen LogP contribution in [-0.2, 0) is 0 Å². The molecule has 5 nitrogen and oxygen atoms in total. The van der Waals surface area contributed by atoms with E-state index in [-0.39, 0.29) is 12.0 Å². The second kappa shape index (κ2) is 7.48. The van der Waals surface area contributed by atoms with Crippen molar-refractivity contribution in [1.82, 2.24) is 10.6 Å². The highest BCUT2D eigenvalue weighted by atomic mass is 16.3. The van der Waals surface area contributed by atoms with E-state index in [0.717, 1.165) is 19.4 Å². The Labute approximate surface area is 91.4 Å². The summed E-state index contributed by atoms with van der Waals surface area (Å²) in [7, 11) is 0. The Morgan fingerprint density at radius 2 is 1.93 bits per heavy atom. The van der Waals surface area contributed by atoms with Crippen LogP contribution >= 0.6 is 0 Å². The number of primary amides is 1. The molecular formula is C10H23N3O2. The van der Waals surface area contributed by atoms with Gasteiger partial charge < -0.3 is 21.5 Å². The lowest BCUT2D eigenvalue weighted by Crippen LogP contribution is -2.41. The van der Waals surface area contributed by atoms with Gasteiger partial charge in [0.25, 0.3) is 0 Å². The third-order valence-electron chi connectivity index (χ3n) is 2.94. The molecule has 5 heteroatoms. The molecule has 0 heterocycles. The monoisotopic (exact) mass is 217 g/mol. The van der Waals surface area contributed by atoms with Gasteiger partial charge in [-0.05, 0) is 12.8 Å². The first-order chi connectivity index (χ1) is 7.10. The highest BCUT2D eigenvalue weighted by Gasteiger charge is 2.24. The number of carbonyl (C=O) groups is 1. The molecule has 0 bridgehead atoms. The predicted molar refractivity (Wildman–Crippen MR) is 60.6 cm³/mol. The molecule has 0 aromatic carbocycles. The lowest BCUT2D eigenvalue weighted by molar-refractivity contribution is 0.113. The van der Waals surface area contributed by atoms with Crippen LogP contribution in [0.5, 0.6) is 0 Å². The van der Waals surface area contributed by atoms with E-state index in [4.69, 9.17) is 5.73 Å². The van der Waals surface area contributed by atoms with Gasteiger partial charge in [0, 0.05) is 31.7 Å². The molecule has 15 heavy (non-hydrogen) atoms. The Kier molecular flexibility index (Phi) is 7.07. The van der Waals surface area contributed by atoms with Gasteiger partial charge >= 0.3 is 6.03 Å². The van der Waals surface area contributed by atoms with E-state index in [2.05, 4.69) is 24.5 Å². The molecule has 0 radical (unpaired) electrons. The Balaban J connectivity index is 3.67. The van der Waals surface area contributed by atoms with Gasteiger partial charge in [-0.3, -0.25) is 0 Å². The molecule has 0 saturated heterocycles. The van der Waals surface area contributed by atoms with Crippen molar-refractivity contribution in [2.24, 2.45) is 11.1 Å². The number of hydrogen-bond acceptors (Lipinski definition) is 3. The van der Waals surface area contributed by atoms with Gasteiger partial charge in [-0.2, -0.15) is 0 Å². The van der Waals surface area contributed by atoms with Crippen LogP contribution in [0.4, 0.5) is 4.79 Å². The number of urea groups is 1. The van der Waals surface area contributed by atoms with E-state index < -0.39 is 6.03 Å². The summed E-state index contributed by atoms with van der Waals surface area (Å²) in [5.74, 6) is 0. The minimum absolute atomic E-state index is 0.0350. The van der Waals surface area contributed by atoms with Crippen LogP contribution in [0.2, 0.25) is 0 Å². The fourth-order valence-electron chi connectivity index (χ4n) is 1.41. The Morgan fingerprint density at radius 3 is 2.33 bits per heavy atom. The summed E-state index contributed by atoms with van der Waals surface area (Å²) in [4.78, 5) is 10.4. The van der Waals surface area contributed by atoms with Crippen molar-refractivity contribution < 1.29 is 9.90 Å². The van der Waals surface area contributed by atoms with Crippen LogP contribution in [0.15, 0.2) is 0 Å². The summed E-state index contributed by atoms with van der Waals surface area (Å²) < 4.78 is 0. The molecule has 0 aromatic rings. The van der Waals surface area contributed by atoms with E-state index in [1.165, 1.54) is 0 Å². The van der Waals surface area contributed by atoms with Crippen molar-refractivity contribution in [3.63, 3.8) is 0 Å². The zero-order chi connectivity index (χ0) is 11.7. The van der Waals surface area contributed by atoms with Crippen molar-refractivity contribution in [3.05, 3.63) is 0 Å². The van der Waals surface area contributed by atoms with Crippen LogP contribution in [0.25, 0.3) is 0 Å². The van der Waals surface area contributed by atoms with Crippen LogP contribution < -0.4 is 16.4 Å². The van der Waals surface area contributed by atoms with Crippen LogP contribution in [0.1, 0.15) is 26.7 Å². The number of aliphatic hydroxyl groups is 1. The Morgan fingerprint density at radius 1 is 1.33 bits per heavy atom. The molecule has 5 N–H and O–H groups in total. The molecule has 0 unspecified atom stereocenters. The molecular weight excluding hydrogens is 194 g/mol. The normalized spacial score (nSPS) is 11.4. The highest BCUT2D eigenvalue weighted by molar-refractivity contribution is 5.71. The number of carbonyl (C=O) groups excluding carboxylic acids is 1. The smallest absolute Gasteiger partial charge is 0.312 e. The molecule has 0 aliphatic carbocycles. The number of rotatable bonds is 8. The largest absolute Gasteiger partial charge is 0.396 e. The fraction of sp³-hybridized carbons (Fsp3) is 0.900. The molecule has 90 valence electrons. The van der Waals surface area contributed by atoms with Crippen LogP contribution in [0.3, 0.4) is 0 Å². The summed E-state index contributed by atoms with van der Waals surface area (Å²) in [5.41, 5.74) is 4.89. The second-order valence-corrected chi connectivity index (χ2v) is 3.83. The maximum absolute atomic E-state index is 10.4. The maximum Gasteiger partial charge on any atom is 0.312 e. The summed E-state index contributed by atoms with van der Waals surface area (Å²) in [6.45, 7) is 6.29. The average Bonchev–Trinajstić information content (AvgIpc) is 2.24. The SMILES string of the molecule is CCC(CC)(CO)CNCCNC(N)=O. The number of amides is 2. The van der Waals surface area contributed by atoms with E-state index in [1.807, 2.05) is 0 Å². The maximum atomic E-state index is 10.4. The summed E-state index contributed by atoms with van der Waals surface area (Å²) >= 11 is 0. The fourth-order valence-corrected chi connectivity index (χ4v) is 1.41. The molecule has 2 amide bonds. The van der Waals surface area contributed by atoms with Gasteiger partial charge in [0.2, 0.25) is 0 Å². The molecule has 0 spiro atoms. The van der Waals surface area contributed by atoms with E-state index in [0.29, 0.717) is 13.1 Å². The Hall–Kier alpha value is -0.810.